The molecule has 1 aliphatic carbocycles. The molecular formula is C14H20BrNO. The smallest absolute Gasteiger partial charge is 0.0667 e. The topological polar surface area (TPSA) is 21.3 Å². The van der Waals surface area contributed by atoms with E-state index in [0.29, 0.717) is 12.1 Å². The number of ether oxygens (including phenoxy) is 1. The van der Waals surface area contributed by atoms with Crippen LogP contribution >= 0.6 is 15.9 Å². The van der Waals surface area contributed by atoms with Gasteiger partial charge in [-0.3, -0.25) is 0 Å². The number of benzene rings is 1. The van der Waals surface area contributed by atoms with E-state index in [1.165, 1.54) is 22.9 Å². The highest BCUT2D eigenvalue weighted by Gasteiger charge is 2.29. The zero-order valence-electron chi connectivity index (χ0n) is 10.4. The van der Waals surface area contributed by atoms with Crippen LogP contribution in [-0.2, 0) is 4.74 Å². The molecule has 1 N–H and O–H groups in total. The van der Waals surface area contributed by atoms with Crippen LogP contribution in [0.3, 0.4) is 0 Å². The Bertz CT molecular complexity index is 363. The molecule has 94 valence electrons. The second-order valence-corrected chi connectivity index (χ2v) is 5.79. The zero-order valence-corrected chi connectivity index (χ0v) is 12.0. The van der Waals surface area contributed by atoms with E-state index in [9.17, 15) is 0 Å². The number of methoxy groups -OCH3 is 1. The molecule has 0 heterocycles. The van der Waals surface area contributed by atoms with E-state index in [0.717, 1.165) is 12.5 Å². The summed E-state index contributed by atoms with van der Waals surface area (Å²) in [6.07, 6.45) is 2.79. The molecule has 1 unspecified atom stereocenters. The third kappa shape index (κ3) is 3.54. The number of hydrogen-bond acceptors (Lipinski definition) is 2. The Balaban J connectivity index is 1.75. The van der Waals surface area contributed by atoms with Gasteiger partial charge in [-0.15, -0.1) is 0 Å². The molecule has 0 aliphatic heterocycles. The van der Waals surface area contributed by atoms with Gasteiger partial charge in [-0.2, -0.15) is 0 Å². The van der Waals surface area contributed by atoms with E-state index < -0.39 is 0 Å². The molecule has 0 radical (unpaired) electrons. The van der Waals surface area contributed by atoms with E-state index in [1.54, 1.807) is 7.11 Å². The monoisotopic (exact) mass is 297 g/mol. The molecule has 0 aromatic heterocycles. The third-order valence-electron chi connectivity index (χ3n) is 3.55. The first kappa shape index (κ1) is 13.1. The molecule has 2 rings (SSSR count). The summed E-state index contributed by atoms with van der Waals surface area (Å²) in [7, 11) is 1.76. The SMILES string of the molecule is COC(C)CNC1CC(c2cccc(Br)c2)C1. The average Bonchev–Trinajstić information content (AvgIpc) is 2.26. The standard InChI is InChI=1S/C14H20BrNO/c1-10(17-2)9-16-14-7-12(8-14)11-4-3-5-13(15)6-11/h3-6,10,12,14,16H,7-9H2,1-2H3. The Morgan fingerprint density at radius 2 is 2.24 bits per heavy atom. The molecule has 2 nitrogen and oxygen atoms in total. The maximum Gasteiger partial charge on any atom is 0.0667 e. The summed E-state index contributed by atoms with van der Waals surface area (Å²) in [5, 5.41) is 3.55. The fourth-order valence-corrected chi connectivity index (χ4v) is 2.65. The van der Waals surface area contributed by atoms with E-state index in [1.807, 2.05) is 0 Å². The van der Waals surface area contributed by atoms with Crippen LogP contribution in [-0.4, -0.2) is 25.8 Å². The summed E-state index contributed by atoms with van der Waals surface area (Å²) in [4.78, 5) is 0. The molecule has 1 aromatic rings. The lowest BCUT2D eigenvalue weighted by Crippen LogP contribution is -2.43. The molecular weight excluding hydrogens is 278 g/mol. The predicted octanol–water partition coefficient (Wildman–Crippen LogP) is 3.32. The van der Waals surface area contributed by atoms with Crippen molar-refractivity contribution < 1.29 is 4.74 Å². The van der Waals surface area contributed by atoms with Crippen LogP contribution < -0.4 is 5.32 Å². The average molecular weight is 298 g/mol. The van der Waals surface area contributed by atoms with Crippen molar-refractivity contribution in [2.45, 2.75) is 37.8 Å². The van der Waals surface area contributed by atoms with Gasteiger partial charge in [0.25, 0.3) is 0 Å². The molecule has 0 spiro atoms. The van der Waals surface area contributed by atoms with Gasteiger partial charge in [0.15, 0.2) is 0 Å². The Labute approximate surface area is 112 Å². The van der Waals surface area contributed by atoms with Crippen molar-refractivity contribution in [2.75, 3.05) is 13.7 Å². The highest BCUT2D eigenvalue weighted by molar-refractivity contribution is 9.10. The van der Waals surface area contributed by atoms with Gasteiger partial charge in [0, 0.05) is 24.2 Å². The van der Waals surface area contributed by atoms with Crippen LogP contribution in [0.2, 0.25) is 0 Å². The third-order valence-corrected chi connectivity index (χ3v) is 4.05. The van der Waals surface area contributed by atoms with Crippen molar-refractivity contribution in [2.24, 2.45) is 0 Å². The van der Waals surface area contributed by atoms with Gasteiger partial charge < -0.3 is 10.1 Å². The maximum atomic E-state index is 5.23. The molecule has 0 saturated heterocycles. The lowest BCUT2D eigenvalue weighted by molar-refractivity contribution is 0.108. The number of halogens is 1. The van der Waals surface area contributed by atoms with Crippen molar-refractivity contribution in [1.82, 2.24) is 5.32 Å². The van der Waals surface area contributed by atoms with E-state index in [-0.39, 0.29) is 0 Å². The summed E-state index contributed by atoms with van der Waals surface area (Å²) in [5.74, 6) is 0.725. The van der Waals surface area contributed by atoms with Gasteiger partial charge in [-0.05, 0) is 43.4 Å². The minimum absolute atomic E-state index is 0.305. The first-order valence-electron chi connectivity index (χ1n) is 6.20. The summed E-state index contributed by atoms with van der Waals surface area (Å²) in [6, 6.07) is 9.32. The van der Waals surface area contributed by atoms with Crippen molar-refractivity contribution in [1.29, 1.82) is 0 Å². The highest BCUT2D eigenvalue weighted by Crippen LogP contribution is 2.37. The summed E-state index contributed by atoms with van der Waals surface area (Å²) < 4.78 is 6.41. The molecule has 0 amide bonds. The van der Waals surface area contributed by atoms with Crippen LogP contribution in [0, 0.1) is 0 Å². The Kier molecular flexibility index (Phi) is 4.60. The van der Waals surface area contributed by atoms with Gasteiger partial charge in [0.2, 0.25) is 0 Å². The molecule has 3 heteroatoms. The fraction of sp³-hybridized carbons (Fsp3) is 0.571. The van der Waals surface area contributed by atoms with Crippen LogP contribution in [0.15, 0.2) is 28.7 Å². The van der Waals surface area contributed by atoms with Gasteiger partial charge in [0.1, 0.15) is 0 Å². The zero-order chi connectivity index (χ0) is 12.3. The number of rotatable bonds is 5. The van der Waals surface area contributed by atoms with Crippen LogP contribution in [0.25, 0.3) is 0 Å². The van der Waals surface area contributed by atoms with Gasteiger partial charge in [-0.25, -0.2) is 0 Å². The molecule has 17 heavy (non-hydrogen) atoms. The van der Waals surface area contributed by atoms with E-state index in [4.69, 9.17) is 4.74 Å². The van der Waals surface area contributed by atoms with Gasteiger partial charge >= 0.3 is 0 Å². The lowest BCUT2D eigenvalue weighted by atomic mass is 9.76. The lowest BCUT2D eigenvalue weighted by Gasteiger charge is -2.37. The van der Waals surface area contributed by atoms with Crippen molar-refractivity contribution in [3.63, 3.8) is 0 Å². The number of nitrogens with one attached hydrogen (secondary N) is 1. The highest BCUT2D eigenvalue weighted by atomic mass is 79.9. The fourth-order valence-electron chi connectivity index (χ4n) is 2.23. The van der Waals surface area contributed by atoms with Gasteiger partial charge in [-0.1, -0.05) is 28.1 Å². The van der Waals surface area contributed by atoms with Crippen molar-refractivity contribution in [3.8, 4) is 0 Å². The second kappa shape index (κ2) is 5.98. The van der Waals surface area contributed by atoms with Crippen LogP contribution in [0.4, 0.5) is 0 Å². The van der Waals surface area contributed by atoms with E-state index >= 15 is 0 Å². The normalized spacial score (nSPS) is 25.4. The minimum Gasteiger partial charge on any atom is -0.380 e. The largest absolute Gasteiger partial charge is 0.380 e. The Morgan fingerprint density at radius 1 is 1.47 bits per heavy atom. The molecule has 1 aliphatic rings. The Hall–Kier alpha value is -0.380. The molecule has 0 bridgehead atoms. The van der Waals surface area contributed by atoms with Crippen molar-refractivity contribution >= 4 is 15.9 Å². The molecule has 1 fully saturated rings. The van der Waals surface area contributed by atoms with E-state index in [2.05, 4.69) is 52.4 Å². The quantitative estimate of drug-likeness (QED) is 0.900. The van der Waals surface area contributed by atoms with Crippen molar-refractivity contribution in [3.05, 3.63) is 34.3 Å². The first-order valence-corrected chi connectivity index (χ1v) is 7.00. The molecule has 1 atom stereocenters. The van der Waals surface area contributed by atoms with Crippen LogP contribution in [0.1, 0.15) is 31.2 Å². The second-order valence-electron chi connectivity index (χ2n) is 4.87. The molecule has 1 aromatic carbocycles. The summed E-state index contributed by atoms with van der Waals surface area (Å²) >= 11 is 3.53. The van der Waals surface area contributed by atoms with Crippen LogP contribution in [0.5, 0.6) is 0 Å². The summed E-state index contributed by atoms with van der Waals surface area (Å²) in [5.41, 5.74) is 1.46. The number of hydrogen-bond donors (Lipinski definition) is 1. The minimum atomic E-state index is 0.305. The Morgan fingerprint density at radius 3 is 2.88 bits per heavy atom. The first-order chi connectivity index (χ1) is 8.19. The van der Waals surface area contributed by atoms with Gasteiger partial charge in [0.05, 0.1) is 6.10 Å². The molecule has 1 saturated carbocycles. The predicted molar refractivity (Wildman–Crippen MR) is 74.4 cm³/mol. The maximum absolute atomic E-state index is 5.23. The summed E-state index contributed by atoms with van der Waals surface area (Å²) in [6.45, 7) is 3.05.